The zero-order chi connectivity index (χ0) is 27.0. The summed E-state index contributed by atoms with van der Waals surface area (Å²) in [5.74, 6) is -2.40. The van der Waals surface area contributed by atoms with Gasteiger partial charge in [-0.25, -0.2) is 4.79 Å². The maximum atomic E-state index is 12.3. The number of hydrogen-bond donors (Lipinski definition) is 4. The Morgan fingerprint density at radius 2 is 1.25 bits per heavy atom. The van der Waals surface area contributed by atoms with E-state index in [0.29, 0.717) is 12.8 Å². The predicted molar refractivity (Wildman–Crippen MR) is 139 cm³/mol. The first-order valence-electron chi connectivity index (χ1n) is 13.9. The first kappa shape index (κ1) is 33.8. The average Bonchev–Trinajstić information content (AvgIpc) is 2.85. The first-order valence-corrected chi connectivity index (χ1v) is 13.9. The van der Waals surface area contributed by atoms with E-state index in [2.05, 4.69) is 24.5 Å². The number of aliphatic hydroxyl groups is 1. The Morgan fingerprint density at radius 3 is 1.86 bits per heavy atom. The summed E-state index contributed by atoms with van der Waals surface area (Å²) >= 11 is 0. The molecule has 0 spiro atoms. The third-order valence-corrected chi connectivity index (χ3v) is 6.10. The maximum absolute atomic E-state index is 12.3. The molecular formula is C27H50N2O7. The van der Waals surface area contributed by atoms with Gasteiger partial charge in [0.1, 0.15) is 12.1 Å². The largest absolute Gasteiger partial charge is 0.480 e. The molecule has 0 saturated heterocycles. The fourth-order valence-corrected chi connectivity index (χ4v) is 3.89. The topological polar surface area (TPSA) is 142 Å². The zero-order valence-corrected chi connectivity index (χ0v) is 22.5. The molecular weight excluding hydrogens is 464 g/mol. The summed E-state index contributed by atoms with van der Waals surface area (Å²) in [5, 5.41) is 22.3. The smallest absolute Gasteiger partial charge is 0.328 e. The minimum Gasteiger partial charge on any atom is -0.480 e. The molecule has 9 nitrogen and oxygen atoms in total. The number of esters is 1. The van der Waals surface area contributed by atoms with Gasteiger partial charge in [-0.1, -0.05) is 71.6 Å². The standard InChI is InChI=1S/C27H50N2O7/c1-3-5-7-8-9-10-15-19-26(33)36-22(16-12-6-4-2)17-13-11-14-18-24(31)28-20-25(32)29-23(21-30)27(34)35/h22-23,30H,3-21H2,1-2H3,(H,28,31)(H,29,32)(H,34,35). The number of ether oxygens (including phenoxy) is 1. The second-order valence-corrected chi connectivity index (χ2v) is 9.50. The second kappa shape index (κ2) is 23.3. The van der Waals surface area contributed by atoms with Crippen LogP contribution in [0.4, 0.5) is 0 Å². The molecule has 0 aromatic heterocycles. The molecule has 36 heavy (non-hydrogen) atoms. The summed E-state index contributed by atoms with van der Waals surface area (Å²) in [6, 6.07) is -1.38. The lowest BCUT2D eigenvalue weighted by Gasteiger charge is -2.18. The van der Waals surface area contributed by atoms with Crippen molar-refractivity contribution in [2.75, 3.05) is 13.2 Å². The van der Waals surface area contributed by atoms with Gasteiger partial charge in [-0.15, -0.1) is 0 Å². The highest BCUT2D eigenvalue weighted by Crippen LogP contribution is 2.17. The Kier molecular flexibility index (Phi) is 21.9. The first-order chi connectivity index (χ1) is 17.3. The van der Waals surface area contributed by atoms with Crippen molar-refractivity contribution in [3.05, 3.63) is 0 Å². The van der Waals surface area contributed by atoms with Gasteiger partial charge in [-0.2, -0.15) is 0 Å². The molecule has 0 saturated carbocycles. The van der Waals surface area contributed by atoms with E-state index in [1.54, 1.807) is 0 Å². The number of unbranched alkanes of at least 4 members (excludes halogenated alkanes) is 10. The van der Waals surface area contributed by atoms with Crippen molar-refractivity contribution < 1.29 is 34.1 Å². The normalized spacial score (nSPS) is 12.5. The molecule has 2 unspecified atom stereocenters. The predicted octanol–water partition coefficient (Wildman–Crippen LogP) is 4.25. The molecule has 0 aliphatic carbocycles. The van der Waals surface area contributed by atoms with E-state index in [1.807, 2.05) is 0 Å². The monoisotopic (exact) mass is 514 g/mol. The summed E-state index contributed by atoms with van der Waals surface area (Å²) in [6.45, 7) is 3.29. The molecule has 0 aliphatic rings. The Bertz CT molecular complexity index is 613. The number of carbonyl (C=O) groups is 4. The summed E-state index contributed by atoms with van der Waals surface area (Å²) in [7, 11) is 0. The highest BCUT2D eigenvalue weighted by Gasteiger charge is 2.19. The summed E-state index contributed by atoms with van der Waals surface area (Å²) < 4.78 is 5.77. The highest BCUT2D eigenvalue weighted by atomic mass is 16.5. The van der Waals surface area contributed by atoms with E-state index in [0.717, 1.165) is 57.8 Å². The van der Waals surface area contributed by atoms with Gasteiger partial charge in [0.15, 0.2) is 0 Å². The molecule has 0 heterocycles. The zero-order valence-electron chi connectivity index (χ0n) is 22.5. The number of hydrogen-bond acceptors (Lipinski definition) is 6. The number of carboxylic acid groups (broad SMARTS) is 1. The average molecular weight is 515 g/mol. The fourth-order valence-electron chi connectivity index (χ4n) is 3.89. The SMILES string of the molecule is CCCCCCCCCC(=O)OC(CCCCC)CCCCCC(=O)NCC(=O)NC(CO)C(=O)O. The number of aliphatic carboxylic acids is 1. The van der Waals surface area contributed by atoms with Crippen molar-refractivity contribution in [1.82, 2.24) is 10.6 Å². The lowest BCUT2D eigenvalue weighted by atomic mass is 10.0. The van der Waals surface area contributed by atoms with Crippen LogP contribution in [0, 0.1) is 0 Å². The van der Waals surface area contributed by atoms with Crippen molar-refractivity contribution in [3.8, 4) is 0 Å². The van der Waals surface area contributed by atoms with Crippen LogP contribution in [0.15, 0.2) is 0 Å². The van der Waals surface area contributed by atoms with Gasteiger partial charge in [0.25, 0.3) is 0 Å². The quantitative estimate of drug-likeness (QED) is 0.111. The van der Waals surface area contributed by atoms with Crippen molar-refractivity contribution in [2.45, 2.75) is 135 Å². The van der Waals surface area contributed by atoms with E-state index < -0.39 is 24.5 Å². The molecule has 0 aliphatic heterocycles. The lowest BCUT2D eigenvalue weighted by Crippen LogP contribution is -2.47. The van der Waals surface area contributed by atoms with Crippen LogP contribution in [0.2, 0.25) is 0 Å². The minimum absolute atomic E-state index is 0.0696. The van der Waals surface area contributed by atoms with Crippen LogP contribution in [-0.2, 0) is 23.9 Å². The van der Waals surface area contributed by atoms with Crippen LogP contribution in [0.1, 0.15) is 123 Å². The van der Waals surface area contributed by atoms with E-state index in [9.17, 15) is 19.2 Å². The minimum atomic E-state index is -1.38. The number of carbonyl (C=O) groups excluding carboxylic acids is 3. The summed E-state index contributed by atoms with van der Waals surface area (Å²) in [4.78, 5) is 46.7. The lowest BCUT2D eigenvalue weighted by molar-refractivity contribution is -0.150. The van der Waals surface area contributed by atoms with E-state index in [4.69, 9.17) is 14.9 Å². The van der Waals surface area contributed by atoms with Gasteiger partial charge in [0, 0.05) is 12.8 Å². The Labute approximate surface area is 217 Å². The Balaban J connectivity index is 4.11. The second-order valence-electron chi connectivity index (χ2n) is 9.50. The number of rotatable bonds is 24. The molecule has 210 valence electrons. The molecule has 0 radical (unpaired) electrons. The fraction of sp³-hybridized carbons (Fsp3) is 0.852. The van der Waals surface area contributed by atoms with Crippen molar-refractivity contribution in [3.63, 3.8) is 0 Å². The molecule has 2 atom stereocenters. The summed E-state index contributed by atoms with van der Waals surface area (Å²) in [5.41, 5.74) is 0. The van der Waals surface area contributed by atoms with Gasteiger partial charge in [-0.05, 0) is 38.5 Å². The number of amides is 2. The molecule has 4 N–H and O–H groups in total. The molecule has 9 heteroatoms. The van der Waals surface area contributed by atoms with Gasteiger partial charge in [-0.3, -0.25) is 14.4 Å². The maximum Gasteiger partial charge on any atom is 0.328 e. The third kappa shape index (κ3) is 20.1. The van der Waals surface area contributed by atoms with Crippen LogP contribution in [0.3, 0.4) is 0 Å². The van der Waals surface area contributed by atoms with Crippen LogP contribution in [0.5, 0.6) is 0 Å². The van der Waals surface area contributed by atoms with E-state index in [-0.39, 0.29) is 30.9 Å². The summed E-state index contributed by atoms with van der Waals surface area (Å²) in [6.07, 6.45) is 16.1. The third-order valence-electron chi connectivity index (χ3n) is 6.10. The number of carboxylic acids is 1. The van der Waals surface area contributed by atoms with Crippen LogP contribution in [0.25, 0.3) is 0 Å². The van der Waals surface area contributed by atoms with Crippen molar-refractivity contribution in [1.29, 1.82) is 0 Å². The molecule has 0 fully saturated rings. The highest BCUT2D eigenvalue weighted by molar-refractivity contribution is 5.87. The van der Waals surface area contributed by atoms with Crippen molar-refractivity contribution in [2.24, 2.45) is 0 Å². The Morgan fingerprint density at radius 1 is 0.722 bits per heavy atom. The van der Waals surface area contributed by atoms with Gasteiger partial charge in [0.2, 0.25) is 11.8 Å². The van der Waals surface area contributed by atoms with Gasteiger partial charge in [0.05, 0.1) is 13.2 Å². The number of aliphatic hydroxyl groups excluding tert-OH is 1. The van der Waals surface area contributed by atoms with Gasteiger partial charge < -0.3 is 25.6 Å². The van der Waals surface area contributed by atoms with Crippen molar-refractivity contribution >= 4 is 23.8 Å². The van der Waals surface area contributed by atoms with Crippen LogP contribution < -0.4 is 10.6 Å². The number of nitrogens with one attached hydrogen (secondary N) is 2. The molecule has 0 bridgehead atoms. The Hall–Kier alpha value is -2.16. The molecule has 0 rings (SSSR count). The molecule has 0 aromatic carbocycles. The van der Waals surface area contributed by atoms with E-state index in [1.165, 1.54) is 32.1 Å². The van der Waals surface area contributed by atoms with Crippen LogP contribution in [-0.4, -0.2) is 59.3 Å². The molecule has 0 aromatic rings. The van der Waals surface area contributed by atoms with E-state index >= 15 is 0 Å². The van der Waals surface area contributed by atoms with Crippen LogP contribution >= 0.6 is 0 Å². The molecule has 2 amide bonds. The van der Waals surface area contributed by atoms with Gasteiger partial charge >= 0.3 is 11.9 Å².